The number of thiophene rings is 1. The molecule has 1 aliphatic carbocycles. The van der Waals surface area contributed by atoms with E-state index in [2.05, 4.69) is 5.32 Å². The number of nitrogens with zero attached hydrogens (tertiary/aromatic N) is 2. The van der Waals surface area contributed by atoms with Gasteiger partial charge in [0.05, 0.1) is 31.0 Å². The van der Waals surface area contributed by atoms with Crippen molar-refractivity contribution in [3.05, 3.63) is 41.4 Å². The van der Waals surface area contributed by atoms with Crippen molar-refractivity contribution >= 4 is 39.1 Å². The Hall–Kier alpha value is -3.00. The average molecular weight is 482 g/mol. The van der Waals surface area contributed by atoms with E-state index in [1.54, 1.807) is 42.6 Å². The number of aromatic nitrogens is 1. The van der Waals surface area contributed by atoms with Crippen LogP contribution in [0.25, 0.3) is 10.2 Å². The summed E-state index contributed by atoms with van der Waals surface area (Å²) in [6.07, 6.45) is 6.63. The minimum Gasteiger partial charge on any atom is -0.493 e. The number of hydrogen-bond donors (Lipinski definition) is 1. The third-order valence-corrected chi connectivity index (χ3v) is 8.06. The molecule has 1 fully saturated rings. The average Bonchev–Trinajstić information content (AvgIpc) is 3.33. The van der Waals surface area contributed by atoms with Crippen LogP contribution in [-0.2, 0) is 11.3 Å². The standard InChI is InChI=1S/C26H31N3O4S/c1-26(25(31)27-17-8-6-4-5-7-9-17)16-28-19-12-13-34-23(19)15-20(28)24(30)29(26)18-10-11-21(32-2)22(14-18)33-3/h10-15,17H,4-9,16H2,1-3H3,(H,27,31). The van der Waals surface area contributed by atoms with Crippen LogP contribution in [0.2, 0.25) is 0 Å². The third kappa shape index (κ3) is 3.74. The minimum atomic E-state index is -1.11. The summed E-state index contributed by atoms with van der Waals surface area (Å²) in [6, 6.07) is 9.45. The van der Waals surface area contributed by atoms with E-state index < -0.39 is 5.54 Å². The molecular weight excluding hydrogens is 450 g/mol. The van der Waals surface area contributed by atoms with Crippen LogP contribution in [0.4, 0.5) is 5.69 Å². The van der Waals surface area contributed by atoms with Crippen LogP contribution in [0.5, 0.6) is 11.5 Å². The molecule has 2 amide bonds. The molecule has 2 aliphatic rings. The highest BCUT2D eigenvalue weighted by atomic mass is 32.1. The first kappa shape index (κ1) is 22.8. The van der Waals surface area contributed by atoms with Crippen LogP contribution < -0.4 is 19.7 Å². The summed E-state index contributed by atoms with van der Waals surface area (Å²) in [5.41, 5.74) is 1.09. The molecular formula is C26H31N3O4S. The molecule has 0 saturated heterocycles. The number of carbonyl (C=O) groups excluding carboxylic acids is 2. The Bertz CT molecular complexity index is 1220. The molecule has 3 aromatic rings. The second kappa shape index (κ2) is 8.98. The van der Waals surface area contributed by atoms with Crippen molar-refractivity contribution in [2.45, 2.75) is 63.6 Å². The van der Waals surface area contributed by atoms with Crippen LogP contribution in [0.3, 0.4) is 0 Å². The molecule has 180 valence electrons. The smallest absolute Gasteiger partial charge is 0.275 e. The van der Waals surface area contributed by atoms with Crippen molar-refractivity contribution in [3.63, 3.8) is 0 Å². The second-order valence-corrected chi connectivity index (χ2v) is 10.3. The fourth-order valence-corrected chi connectivity index (χ4v) is 6.17. The molecule has 1 N–H and O–H groups in total. The molecule has 1 aliphatic heterocycles. The van der Waals surface area contributed by atoms with Crippen LogP contribution in [0.15, 0.2) is 35.7 Å². The summed E-state index contributed by atoms with van der Waals surface area (Å²) in [5.74, 6) is 0.774. The number of amides is 2. The van der Waals surface area contributed by atoms with Gasteiger partial charge in [-0.05, 0) is 49.4 Å². The quantitative estimate of drug-likeness (QED) is 0.522. The molecule has 8 heteroatoms. The highest BCUT2D eigenvalue weighted by molar-refractivity contribution is 7.17. The summed E-state index contributed by atoms with van der Waals surface area (Å²) in [6.45, 7) is 2.25. The van der Waals surface area contributed by atoms with Gasteiger partial charge in [0.2, 0.25) is 5.91 Å². The number of fused-ring (bicyclic) bond motifs is 3. The topological polar surface area (TPSA) is 72.8 Å². The van der Waals surface area contributed by atoms with E-state index >= 15 is 0 Å². The largest absolute Gasteiger partial charge is 0.493 e. The van der Waals surface area contributed by atoms with Crippen LogP contribution in [-0.4, -0.2) is 42.2 Å². The Balaban J connectivity index is 1.59. The van der Waals surface area contributed by atoms with Gasteiger partial charge in [-0.3, -0.25) is 14.5 Å². The van der Waals surface area contributed by atoms with Gasteiger partial charge < -0.3 is 19.4 Å². The van der Waals surface area contributed by atoms with Gasteiger partial charge in [-0.25, -0.2) is 0 Å². The number of hydrogen-bond acceptors (Lipinski definition) is 5. The first-order valence-electron chi connectivity index (χ1n) is 11.9. The van der Waals surface area contributed by atoms with Crippen molar-refractivity contribution in [1.82, 2.24) is 9.88 Å². The van der Waals surface area contributed by atoms with Gasteiger partial charge in [0.1, 0.15) is 11.2 Å². The van der Waals surface area contributed by atoms with Crippen LogP contribution >= 0.6 is 11.3 Å². The molecule has 1 atom stereocenters. The zero-order valence-electron chi connectivity index (χ0n) is 19.9. The number of rotatable bonds is 5. The molecule has 3 heterocycles. The lowest BCUT2D eigenvalue weighted by Gasteiger charge is -2.44. The number of ether oxygens (including phenoxy) is 2. The van der Waals surface area contributed by atoms with Gasteiger partial charge >= 0.3 is 0 Å². The monoisotopic (exact) mass is 481 g/mol. The van der Waals surface area contributed by atoms with Gasteiger partial charge in [-0.2, -0.15) is 0 Å². The molecule has 5 rings (SSSR count). The van der Waals surface area contributed by atoms with Crippen molar-refractivity contribution in [1.29, 1.82) is 0 Å². The van der Waals surface area contributed by atoms with Gasteiger partial charge in [0, 0.05) is 17.8 Å². The fraction of sp³-hybridized carbons (Fsp3) is 0.462. The number of carbonyl (C=O) groups is 2. The van der Waals surface area contributed by atoms with Crippen molar-refractivity contribution in [3.8, 4) is 11.5 Å². The van der Waals surface area contributed by atoms with E-state index in [1.807, 2.05) is 35.1 Å². The zero-order valence-corrected chi connectivity index (χ0v) is 20.7. The maximum atomic E-state index is 14.0. The van der Waals surface area contributed by atoms with Crippen molar-refractivity contribution in [2.24, 2.45) is 0 Å². The number of anilines is 1. The van der Waals surface area contributed by atoms with E-state index in [1.165, 1.54) is 12.8 Å². The van der Waals surface area contributed by atoms with Gasteiger partial charge in [0.15, 0.2) is 11.5 Å². The fourth-order valence-electron chi connectivity index (χ4n) is 5.35. The molecule has 2 aromatic heterocycles. The lowest BCUT2D eigenvalue weighted by molar-refractivity contribution is -0.127. The molecule has 0 spiro atoms. The maximum absolute atomic E-state index is 14.0. The van der Waals surface area contributed by atoms with E-state index in [9.17, 15) is 9.59 Å². The lowest BCUT2D eigenvalue weighted by atomic mass is 9.92. The Labute approximate surface area is 203 Å². The highest BCUT2D eigenvalue weighted by Gasteiger charge is 2.49. The van der Waals surface area contributed by atoms with Crippen LogP contribution in [0, 0.1) is 0 Å². The molecule has 0 bridgehead atoms. The first-order valence-corrected chi connectivity index (χ1v) is 12.8. The summed E-state index contributed by atoms with van der Waals surface area (Å²) in [5, 5.41) is 5.33. The Morgan fingerprint density at radius 1 is 1.06 bits per heavy atom. The van der Waals surface area contributed by atoms with Crippen LogP contribution in [0.1, 0.15) is 55.9 Å². The van der Waals surface area contributed by atoms with E-state index in [4.69, 9.17) is 9.47 Å². The first-order chi connectivity index (χ1) is 16.5. The zero-order chi connectivity index (χ0) is 23.9. The SMILES string of the molecule is COc1ccc(N2C(=O)c3cc4sccc4n3CC2(C)C(=O)NC2CCCCCC2)cc1OC. The van der Waals surface area contributed by atoms with Crippen molar-refractivity contribution < 1.29 is 19.1 Å². The molecule has 1 unspecified atom stereocenters. The van der Waals surface area contributed by atoms with E-state index in [-0.39, 0.29) is 17.9 Å². The number of nitrogens with one attached hydrogen (secondary N) is 1. The highest BCUT2D eigenvalue weighted by Crippen LogP contribution is 2.40. The van der Waals surface area contributed by atoms with E-state index in [0.29, 0.717) is 29.4 Å². The summed E-state index contributed by atoms with van der Waals surface area (Å²) >= 11 is 1.60. The van der Waals surface area contributed by atoms with Gasteiger partial charge in [-0.1, -0.05) is 25.7 Å². The third-order valence-electron chi connectivity index (χ3n) is 7.21. The predicted molar refractivity (Wildman–Crippen MR) is 134 cm³/mol. The molecule has 0 radical (unpaired) electrons. The molecule has 1 aromatic carbocycles. The Morgan fingerprint density at radius 3 is 2.50 bits per heavy atom. The minimum absolute atomic E-state index is 0.120. The van der Waals surface area contributed by atoms with Gasteiger partial charge in [-0.15, -0.1) is 11.3 Å². The van der Waals surface area contributed by atoms with Gasteiger partial charge in [0.25, 0.3) is 5.91 Å². The van der Waals surface area contributed by atoms with E-state index in [0.717, 1.165) is 35.9 Å². The molecule has 1 saturated carbocycles. The number of benzene rings is 1. The maximum Gasteiger partial charge on any atom is 0.275 e. The Kier molecular flexibility index (Phi) is 6.02. The number of methoxy groups -OCH3 is 2. The summed E-state index contributed by atoms with van der Waals surface area (Å²) in [4.78, 5) is 29.5. The Morgan fingerprint density at radius 2 is 1.79 bits per heavy atom. The molecule has 34 heavy (non-hydrogen) atoms. The normalized spacial score (nSPS) is 21.3. The van der Waals surface area contributed by atoms with Crippen molar-refractivity contribution in [2.75, 3.05) is 19.1 Å². The summed E-state index contributed by atoms with van der Waals surface area (Å²) < 4.78 is 13.9. The molecule has 7 nitrogen and oxygen atoms in total. The summed E-state index contributed by atoms with van der Waals surface area (Å²) in [7, 11) is 3.14. The lowest BCUT2D eigenvalue weighted by Crippen LogP contribution is -2.65. The predicted octanol–water partition coefficient (Wildman–Crippen LogP) is 4.98. The second-order valence-electron chi connectivity index (χ2n) is 9.40.